The van der Waals surface area contributed by atoms with Crippen LogP contribution in [0.2, 0.25) is 0 Å². The Morgan fingerprint density at radius 1 is 0.557 bits per heavy atom. The Hall–Kier alpha value is -5.54. The van der Waals surface area contributed by atoms with E-state index in [2.05, 4.69) is 25.0 Å². The fraction of sp³-hybridized carbons (Fsp3) is 0.429. The van der Waals surface area contributed by atoms with Crippen LogP contribution in [-0.2, 0) is 47.4 Å². The number of rotatable bonds is 25. The minimum Gasteiger partial charge on any atom is -0.463 e. The maximum absolute atomic E-state index is 13.9. The number of methoxy groups -OCH3 is 2. The van der Waals surface area contributed by atoms with E-state index in [0.717, 1.165) is 0 Å². The first kappa shape index (κ1) is 49.8. The van der Waals surface area contributed by atoms with Gasteiger partial charge in [0.25, 0.3) is 11.8 Å². The zero-order valence-electron chi connectivity index (χ0n) is 34.7. The highest BCUT2D eigenvalue weighted by Crippen LogP contribution is 2.25. The van der Waals surface area contributed by atoms with Gasteiger partial charge in [0.2, 0.25) is 5.82 Å². The molecule has 332 valence electrons. The third kappa shape index (κ3) is 20.5. The second-order valence-corrected chi connectivity index (χ2v) is 12.1. The highest BCUT2D eigenvalue weighted by Gasteiger charge is 2.16. The fourth-order valence-electron chi connectivity index (χ4n) is 4.58. The molecule has 0 atom stereocenters. The van der Waals surface area contributed by atoms with Gasteiger partial charge in [-0.05, 0) is 43.3 Å². The molecule has 0 aliphatic carbocycles. The van der Waals surface area contributed by atoms with Crippen molar-refractivity contribution in [3.63, 3.8) is 0 Å². The van der Waals surface area contributed by atoms with Crippen LogP contribution >= 0.6 is 0 Å². The van der Waals surface area contributed by atoms with Gasteiger partial charge in [-0.2, -0.15) is 9.97 Å². The van der Waals surface area contributed by atoms with E-state index in [9.17, 15) is 18.4 Å². The average molecular weight is 859 g/mol. The quantitative estimate of drug-likeness (QED) is 0.0503. The topological polar surface area (TPSA) is 195 Å². The zero-order valence-corrected chi connectivity index (χ0v) is 34.7. The Balaban J connectivity index is 0.000000276. The van der Waals surface area contributed by atoms with Crippen molar-refractivity contribution in [3.05, 3.63) is 95.8 Å². The molecule has 0 amide bonds. The van der Waals surface area contributed by atoms with Gasteiger partial charge >= 0.3 is 11.9 Å². The van der Waals surface area contributed by atoms with Crippen LogP contribution in [0.15, 0.2) is 81.8 Å². The fourth-order valence-corrected chi connectivity index (χ4v) is 4.58. The van der Waals surface area contributed by atoms with Crippen LogP contribution in [0.25, 0.3) is 34.3 Å². The Morgan fingerprint density at radius 2 is 1.02 bits per heavy atom. The summed E-state index contributed by atoms with van der Waals surface area (Å²) in [4.78, 5) is 30.8. The third-order valence-electron chi connectivity index (χ3n) is 7.49. The predicted octanol–water partition coefficient (Wildman–Crippen LogP) is 5.81. The number of halogens is 2. The summed E-state index contributed by atoms with van der Waals surface area (Å²) in [6.45, 7) is 9.26. The van der Waals surface area contributed by atoms with Crippen LogP contribution in [0.5, 0.6) is 0 Å². The minimum absolute atomic E-state index is 0.0597. The number of benzene rings is 3. The Bertz CT molecular complexity index is 1960. The number of aromatic nitrogens is 4. The number of esters is 2. The van der Waals surface area contributed by atoms with Crippen LogP contribution in [-0.4, -0.2) is 139 Å². The van der Waals surface area contributed by atoms with Crippen molar-refractivity contribution >= 4 is 11.9 Å². The molecule has 0 saturated carbocycles. The molecule has 5 rings (SSSR count). The molecule has 17 nitrogen and oxygen atoms in total. The van der Waals surface area contributed by atoms with Gasteiger partial charge in [-0.3, -0.25) is 4.79 Å². The Kier molecular flexibility index (Phi) is 24.9. The van der Waals surface area contributed by atoms with E-state index in [1.165, 1.54) is 19.1 Å². The van der Waals surface area contributed by atoms with Gasteiger partial charge in [0.05, 0.1) is 96.0 Å². The van der Waals surface area contributed by atoms with E-state index in [-0.39, 0.29) is 54.8 Å². The van der Waals surface area contributed by atoms with Crippen molar-refractivity contribution < 1.29 is 70.0 Å². The molecule has 61 heavy (non-hydrogen) atoms. The van der Waals surface area contributed by atoms with Gasteiger partial charge in [-0.25, -0.2) is 13.6 Å². The zero-order chi connectivity index (χ0) is 43.9. The van der Waals surface area contributed by atoms with Gasteiger partial charge in [-0.15, -0.1) is 0 Å². The van der Waals surface area contributed by atoms with Gasteiger partial charge in [0.1, 0.15) is 24.8 Å². The summed E-state index contributed by atoms with van der Waals surface area (Å²) in [5.41, 5.74) is 1.42. The van der Waals surface area contributed by atoms with Crippen LogP contribution < -0.4 is 0 Å². The molecule has 0 N–H and O–H groups in total. The van der Waals surface area contributed by atoms with Gasteiger partial charge < -0.3 is 51.7 Å². The molecule has 0 saturated heterocycles. The molecule has 3 aromatic carbocycles. The lowest BCUT2D eigenvalue weighted by Gasteiger charge is -2.07. The third-order valence-corrected chi connectivity index (χ3v) is 7.49. The number of nitrogens with zero attached hydrogens (tertiary/aromatic N) is 4. The van der Waals surface area contributed by atoms with Crippen LogP contribution in [0.3, 0.4) is 0 Å². The molecule has 0 bridgehead atoms. The number of ether oxygens (including phenoxy) is 9. The summed E-state index contributed by atoms with van der Waals surface area (Å²) in [5.74, 6) is -0.592. The van der Waals surface area contributed by atoms with Crippen molar-refractivity contribution in [2.75, 3.05) is 107 Å². The number of carbonyl (C=O) groups excluding carboxylic acids is 2. The molecule has 0 aliphatic rings. The molecule has 19 heteroatoms. The number of hydrogen-bond acceptors (Lipinski definition) is 17. The summed E-state index contributed by atoms with van der Waals surface area (Å²) < 4.78 is 82.9. The predicted molar refractivity (Wildman–Crippen MR) is 214 cm³/mol. The highest BCUT2D eigenvalue weighted by molar-refractivity contribution is 5.90. The summed E-state index contributed by atoms with van der Waals surface area (Å²) in [6, 6.07) is 19.0. The van der Waals surface area contributed by atoms with Gasteiger partial charge in [0, 0.05) is 26.7 Å². The smallest absolute Gasteiger partial charge is 0.338 e. The molecular weight excluding hydrogens is 806 g/mol. The van der Waals surface area contributed by atoms with Gasteiger partial charge in [0.15, 0.2) is 5.82 Å². The first-order chi connectivity index (χ1) is 29.7. The SMILES string of the molecule is COCCOCCOCCOC(=O)c1cccc(-c2noc(-c3ccccc3F)n2)c1.COCCOCCOCCOCCOC(C)=O.Cc1noc(-c2ccccc2F)n1. The number of carbonyl (C=O) groups is 2. The van der Waals surface area contributed by atoms with Crippen LogP contribution in [0, 0.1) is 18.6 Å². The van der Waals surface area contributed by atoms with E-state index in [1.54, 1.807) is 81.8 Å². The monoisotopic (exact) mass is 858 g/mol. The molecule has 0 radical (unpaired) electrons. The molecule has 2 heterocycles. The van der Waals surface area contributed by atoms with Crippen molar-refractivity contribution in [2.45, 2.75) is 13.8 Å². The Morgan fingerprint density at radius 3 is 1.49 bits per heavy atom. The second-order valence-electron chi connectivity index (χ2n) is 12.1. The Labute approximate surface area is 352 Å². The lowest BCUT2D eigenvalue weighted by molar-refractivity contribution is -0.142. The second kappa shape index (κ2) is 30.5. The lowest BCUT2D eigenvalue weighted by atomic mass is 10.1. The molecule has 2 aromatic heterocycles. The van der Waals surface area contributed by atoms with Crippen LogP contribution in [0.4, 0.5) is 8.78 Å². The summed E-state index contributed by atoms with van der Waals surface area (Å²) in [5, 5.41) is 7.46. The summed E-state index contributed by atoms with van der Waals surface area (Å²) in [6.07, 6.45) is 0. The normalized spacial score (nSPS) is 10.7. The van der Waals surface area contributed by atoms with Gasteiger partial charge in [-0.1, -0.05) is 46.7 Å². The summed E-state index contributed by atoms with van der Waals surface area (Å²) in [7, 11) is 3.24. The minimum atomic E-state index is -0.500. The first-order valence-electron chi connectivity index (χ1n) is 19.1. The molecule has 0 fully saturated rings. The van der Waals surface area contributed by atoms with Crippen LogP contribution in [0.1, 0.15) is 23.1 Å². The molecular formula is C42H52F2N4O13. The lowest BCUT2D eigenvalue weighted by Crippen LogP contribution is -2.14. The number of hydrogen-bond donors (Lipinski definition) is 0. The maximum atomic E-state index is 13.9. The van der Waals surface area contributed by atoms with Crippen molar-refractivity contribution in [1.82, 2.24) is 20.3 Å². The molecule has 5 aromatic rings. The molecule has 0 spiro atoms. The van der Waals surface area contributed by atoms with E-state index < -0.39 is 11.8 Å². The van der Waals surface area contributed by atoms with E-state index in [4.69, 9.17) is 46.9 Å². The average Bonchev–Trinajstić information content (AvgIpc) is 3.94. The highest BCUT2D eigenvalue weighted by atomic mass is 19.1. The standard InChI is InChI=1S/C22H23FN2O6.C11H22O6.C9H7FN2O/c1-27-9-10-28-11-12-29-13-14-30-22(26)17-6-4-5-16(15-17)20-24-21(31-25-20)18-7-2-3-8-19(18)23;1-11(12)17-10-9-16-8-7-15-6-5-14-4-3-13-2;1-6-11-9(13-12-6)7-4-2-3-5-8(7)10/h2-8,15H,9-14H2,1H3;3-10H2,1-2H3;2-5H,1H3. The van der Waals surface area contributed by atoms with Crippen molar-refractivity contribution in [1.29, 1.82) is 0 Å². The molecule has 0 aliphatic heterocycles. The number of aryl methyl sites for hydroxylation is 1. The van der Waals surface area contributed by atoms with E-state index >= 15 is 0 Å². The van der Waals surface area contributed by atoms with E-state index in [1.807, 2.05) is 0 Å². The van der Waals surface area contributed by atoms with Crippen molar-refractivity contribution in [3.8, 4) is 34.3 Å². The maximum Gasteiger partial charge on any atom is 0.338 e. The first-order valence-corrected chi connectivity index (χ1v) is 19.1. The van der Waals surface area contributed by atoms with E-state index in [0.29, 0.717) is 95.2 Å². The summed E-state index contributed by atoms with van der Waals surface area (Å²) >= 11 is 0. The molecule has 0 unspecified atom stereocenters. The largest absolute Gasteiger partial charge is 0.463 e. The van der Waals surface area contributed by atoms with Crippen molar-refractivity contribution in [2.24, 2.45) is 0 Å².